The summed E-state index contributed by atoms with van der Waals surface area (Å²) in [6, 6.07) is 2.24. The summed E-state index contributed by atoms with van der Waals surface area (Å²) < 4.78 is 4.50. The fourth-order valence-corrected chi connectivity index (χ4v) is 2.37. The second kappa shape index (κ2) is 6.39. The molecular weight excluding hydrogens is 232 g/mol. The van der Waals surface area contributed by atoms with Gasteiger partial charge in [-0.3, -0.25) is 9.59 Å². The Kier molecular flexibility index (Phi) is 5.14. The predicted molar refractivity (Wildman–Crippen MR) is 65.4 cm³/mol. The molecule has 100 valence electrons. The van der Waals surface area contributed by atoms with Crippen LogP contribution >= 0.6 is 0 Å². The summed E-state index contributed by atoms with van der Waals surface area (Å²) in [5.41, 5.74) is -0.706. The summed E-state index contributed by atoms with van der Waals surface area (Å²) in [5.74, 6) is -0.284. The normalized spacial score (nSPS) is 26.4. The molecule has 0 aromatic rings. The van der Waals surface area contributed by atoms with E-state index in [2.05, 4.69) is 16.1 Å². The van der Waals surface area contributed by atoms with Crippen molar-refractivity contribution in [2.45, 2.75) is 51.0 Å². The monoisotopic (exact) mass is 252 g/mol. The lowest BCUT2D eigenvalue weighted by molar-refractivity contribution is -0.140. The Labute approximate surface area is 107 Å². The zero-order valence-electron chi connectivity index (χ0n) is 11.0. The summed E-state index contributed by atoms with van der Waals surface area (Å²) in [6.45, 7) is 1.99. The minimum atomic E-state index is -0.706. The van der Waals surface area contributed by atoms with Gasteiger partial charge in [0.15, 0.2) is 0 Å². The van der Waals surface area contributed by atoms with Gasteiger partial charge in [-0.25, -0.2) is 0 Å². The van der Waals surface area contributed by atoms with E-state index in [1.54, 1.807) is 0 Å². The van der Waals surface area contributed by atoms with E-state index in [4.69, 9.17) is 0 Å². The van der Waals surface area contributed by atoms with Gasteiger partial charge in [0.25, 0.3) is 0 Å². The van der Waals surface area contributed by atoms with Crippen LogP contribution in [-0.2, 0) is 14.3 Å². The first-order valence-electron chi connectivity index (χ1n) is 6.33. The average molecular weight is 252 g/mol. The molecule has 5 heteroatoms. The Balaban J connectivity index is 2.40. The number of carbonyl (C=O) groups excluding carboxylic acids is 2. The second-order valence-electron chi connectivity index (χ2n) is 4.85. The Morgan fingerprint density at radius 2 is 2.22 bits per heavy atom. The van der Waals surface area contributed by atoms with Crippen LogP contribution in [0.1, 0.15) is 45.4 Å². The molecule has 1 aliphatic carbocycles. The Hall–Kier alpha value is -1.57. The lowest BCUT2D eigenvalue weighted by atomic mass is 9.89. The number of esters is 1. The lowest BCUT2D eigenvalue weighted by Gasteiger charge is -2.27. The second-order valence-corrected chi connectivity index (χ2v) is 4.85. The molecule has 2 atom stereocenters. The van der Waals surface area contributed by atoms with Crippen molar-refractivity contribution in [3.63, 3.8) is 0 Å². The van der Waals surface area contributed by atoms with Gasteiger partial charge in [-0.05, 0) is 31.6 Å². The van der Waals surface area contributed by atoms with E-state index in [9.17, 15) is 14.9 Å². The average Bonchev–Trinajstić information content (AvgIpc) is 2.71. The van der Waals surface area contributed by atoms with E-state index in [-0.39, 0.29) is 30.6 Å². The largest absolute Gasteiger partial charge is 0.469 e. The molecule has 1 saturated carbocycles. The first kappa shape index (κ1) is 14.5. The first-order valence-corrected chi connectivity index (χ1v) is 6.33. The molecule has 5 nitrogen and oxygen atoms in total. The van der Waals surface area contributed by atoms with Gasteiger partial charge in [-0.2, -0.15) is 5.26 Å². The smallest absolute Gasteiger partial charge is 0.305 e. The maximum atomic E-state index is 11.8. The third-order valence-corrected chi connectivity index (χ3v) is 3.62. The quantitative estimate of drug-likeness (QED) is 0.752. The van der Waals surface area contributed by atoms with Crippen molar-refractivity contribution in [2.24, 2.45) is 5.92 Å². The molecule has 18 heavy (non-hydrogen) atoms. The third-order valence-electron chi connectivity index (χ3n) is 3.62. The highest BCUT2D eigenvalue weighted by atomic mass is 16.5. The van der Waals surface area contributed by atoms with Gasteiger partial charge in [0.1, 0.15) is 5.54 Å². The van der Waals surface area contributed by atoms with E-state index in [1.807, 2.05) is 6.92 Å². The highest BCUT2D eigenvalue weighted by Crippen LogP contribution is 2.34. The molecule has 1 fully saturated rings. The number of hydrogen-bond acceptors (Lipinski definition) is 4. The number of ether oxygens (including phenoxy) is 1. The molecule has 0 aromatic heterocycles. The number of carbonyl (C=O) groups is 2. The fraction of sp³-hybridized carbons (Fsp3) is 0.769. The minimum Gasteiger partial charge on any atom is -0.469 e. The van der Waals surface area contributed by atoms with Crippen molar-refractivity contribution >= 4 is 11.9 Å². The molecule has 1 aliphatic rings. The van der Waals surface area contributed by atoms with Crippen LogP contribution in [0.3, 0.4) is 0 Å². The van der Waals surface area contributed by atoms with E-state index in [0.29, 0.717) is 12.8 Å². The molecule has 1 rings (SSSR count). The molecular formula is C13H20N2O3. The van der Waals surface area contributed by atoms with Crippen LogP contribution < -0.4 is 5.32 Å². The molecule has 0 heterocycles. The van der Waals surface area contributed by atoms with Crippen LogP contribution in [-0.4, -0.2) is 24.5 Å². The van der Waals surface area contributed by atoms with Crippen LogP contribution in [0.2, 0.25) is 0 Å². The number of nitrogens with zero attached hydrogens (tertiary/aromatic N) is 1. The van der Waals surface area contributed by atoms with Crippen molar-refractivity contribution in [1.82, 2.24) is 5.32 Å². The summed E-state index contributed by atoms with van der Waals surface area (Å²) in [5, 5.41) is 12.1. The van der Waals surface area contributed by atoms with E-state index in [1.165, 1.54) is 7.11 Å². The van der Waals surface area contributed by atoms with Crippen LogP contribution in [0.4, 0.5) is 0 Å². The standard InChI is InChI=1S/C13H20N2O3/c1-10-5-4-8-13(10,9-14)15-11(16)6-3-7-12(17)18-2/h10H,3-8H2,1-2H3,(H,15,16)/t10-,13-/m1/s1. The van der Waals surface area contributed by atoms with Crippen molar-refractivity contribution in [3.8, 4) is 6.07 Å². The number of nitriles is 1. The van der Waals surface area contributed by atoms with Crippen molar-refractivity contribution in [2.75, 3.05) is 7.11 Å². The number of nitrogens with one attached hydrogen (secondary N) is 1. The maximum absolute atomic E-state index is 11.8. The van der Waals surface area contributed by atoms with E-state index in [0.717, 1.165) is 12.8 Å². The Morgan fingerprint density at radius 3 is 2.72 bits per heavy atom. The molecule has 0 aromatic carbocycles. The minimum absolute atomic E-state index is 0.158. The van der Waals surface area contributed by atoms with Gasteiger partial charge in [-0.15, -0.1) is 0 Å². The Morgan fingerprint density at radius 1 is 1.50 bits per heavy atom. The maximum Gasteiger partial charge on any atom is 0.305 e. The summed E-state index contributed by atoms with van der Waals surface area (Å²) in [4.78, 5) is 22.7. The highest BCUT2D eigenvalue weighted by molar-refractivity contribution is 5.78. The molecule has 0 aliphatic heterocycles. The predicted octanol–water partition coefficient (Wildman–Crippen LogP) is 1.53. The number of rotatable bonds is 5. The van der Waals surface area contributed by atoms with Gasteiger partial charge >= 0.3 is 5.97 Å². The number of amides is 1. The van der Waals surface area contributed by atoms with Crippen LogP contribution in [0.15, 0.2) is 0 Å². The topological polar surface area (TPSA) is 79.2 Å². The SMILES string of the molecule is COC(=O)CCCC(=O)N[C@@]1(C#N)CCC[C@H]1C. The summed E-state index contributed by atoms with van der Waals surface area (Å²) in [6.07, 6.45) is 3.60. The zero-order chi connectivity index (χ0) is 13.6. The first-order chi connectivity index (χ1) is 8.54. The van der Waals surface area contributed by atoms with E-state index >= 15 is 0 Å². The number of hydrogen-bond donors (Lipinski definition) is 1. The van der Waals surface area contributed by atoms with Gasteiger partial charge < -0.3 is 10.1 Å². The molecule has 0 unspecified atom stereocenters. The lowest BCUT2D eigenvalue weighted by Crippen LogP contribution is -2.49. The Bertz CT molecular complexity index is 362. The highest BCUT2D eigenvalue weighted by Gasteiger charge is 2.41. The fourth-order valence-electron chi connectivity index (χ4n) is 2.37. The van der Waals surface area contributed by atoms with Gasteiger partial charge in [0, 0.05) is 12.8 Å². The van der Waals surface area contributed by atoms with Crippen LogP contribution in [0.25, 0.3) is 0 Å². The zero-order valence-corrected chi connectivity index (χ0v) is 11.0. The van der Waals surface area contributed by atoms with Gasteiger partial charge in [0.2, 0.25) is 5.91 Å². The third kappa shape index (κ3) is 3.46. The molecule has 1 amide bonds. The van der Waals surface area contributed by atoms with Crippen LogP contribution in [0, 0.1) is 17.2 Å². The molecule has 0 spiro atoms. The van der Waals surface area contributed by atoms with Crippen molar-refractivity contribution in [1.29, 1.82) is 5.26 Å². The number of methoxy groups -OCH3 is 1. The summed E-state index contributed by atoms with van der Waals surface area (Å²) >= 11 is 0. The molecule has 0 bridgehead atoms. The van der Waals surface area contributed by atoms with E-state index < -0.39 is 5.54 Å². The van der Waals surface area contributed by atoms with Gasteiger partial charge in [-0.1, -0.05) is 6.92 Å². The molecule has 0 radical (unpaired) electrons. The van der Waals surface area contributed by atoms with Crippen molar-refractivity contribution in [3.05, 3.63) is 0 Å². The van der Waals surface area contributed by atoms with Crippen LogP contribution in [0.5, 0.6) is 0 Å². The van der Waals surface area contributed by atoms with Gasteiger partial charge in [0.05, 0.1) is 13.2 Å². The summed E-state index contributed by atoms with van der Waals surface area (Å²) in [7, 11) is 1.33. The molecule has 1 N–H and O–H groups in total. The van der Waals surface area contributed by atoms with Crippen molar-refractivity contribution < 1.29 is 14.3 Å². The molecule has 0 saturated heterocycles.